The van der Waals surface area contributed by atoms with Crippen molar-refractivity contribution in [3.8, 4) is 0 Å². The van der Waals surface area contributed by atoms with E-state index in [0.717, 1.165) is 22.8 Å². The molecule has 3 atom stereocenters. The molecule has 0 saturated heterocycles. The topological polar surface area (TPSA) is 125 Å². The Kier molecular flexibility index (Phi) is 12.7. The number of hydrogen-bond acceptors (Lipinski definition) is 6. The average molecular weight is 590 g/mol. The Morgan fingerprint density at radius 1 is 0.884 bits per heavy atom. The van der Waals surface area contributed by atoms with Gasteiger partial charge < -0.3 is 20.5 Å². The van der Waals surface area contributed by atoms with E-state index in [-0.39, 0.29) is 12.5 Å². The van der Waals surface area contributed by atoms with Crippen LogP contribution in [0.4, 0.5) is 10.5 Å². The molecule has 0 saturated carbocycles. The number of unbranched alkanes of at least 4 members (excludes halogenated alkanes) is 1. The molecule has 230 valence electrons. The highest BCUT2D eigenvalue weighted by Gasteiger charge is 2.36. The van der Waals surface area contributed by atoms with Gasteiger partial charge in [0.2, 0.25) is 11.8 Å². The van der Waals surface area contributed by atoms with Crippen LogP contribution in [0.2, 0.25) is 0 Å². The zero-order chi connectivity index (χ0) is 31.4. The second kappa shape index (κ2) is 16.4. The van der Waals surface area contributed by atoms with Crippen LogP contribution in [0.5, 0.6) is 0 Å². The molecule has 3 rings (SSSR count). The second-order valence-electron chi connectivity index (χ2n) is 11.1. The van der Waals surface area contributed by atoms with E-state index in [1.54, 1.807) is 13.0 Å². The molecule has 0 radical (unpaired) electrons. The molecule has 0 heterocycles. The lowest BCUT2D eigenvalue weighted by Gasteiger charge is -2.35. The van der Waals surface area contributed by atoms with Crippen LogP contribution in [0.3, 0.4) is 0 Å². The molecule has 3 aromatic carbocycles. The highest BCUT2D eigenvalue weighted by molar-refractivity contribution is 6.10. The molecule has 0 aliphatic rings. The van der Waals surface area contributed by atoms with Gasteiger partial charge in [-0.25, -0.2) is 4.79 Å². The van der Waals surface area contributed by atoms with Gasteiger partial charge in [0.05, 0.1) is 11.7 Å². The number of aliphatic hydroxyl groups is 1. The minimum atomic E-state index is -1.04. The standard InChI is InChI=1S/C34H43N3O6/c1-5-6-18-30(32(40)36-28(20-23(2)3)31(39)21-38)37(29-19-12-16-26-15-10-11-17-27(26)29)33(41)24(4)35-34(42)43-22-25-13-8-7-9-14-25/h7-17,19,23-24,28,30,38H,5-6,18,20-22H2,1-4H3,(H,35,42)(H,36,40)/t24-,28-,30-/m0/s1. The number of anilines is 1. The maximum Gasteiger partial charge on any atom is 0.408 e. The van der Waals surface area contributed by atoms with E-state index in [2.05, 4.69) is 10.6 Å². The Morgan fingerprint density at radius 2 is 1.56 bits per heavy atom. The number of ether oxygens (including phenoxy) is 1. The molecule has 3 N–H and O–H groups in total. The third kappa shape index (κ3) is 9.38. The number of fused-ring (bicyclic) bond motifs is 1. The molecule has 3 amide bonds. The third-order valence-corrected chi connectivity index (χ3v) is 7.19. The van der Waals surface area contributed by atoms with E-state index in [1.807, 2.05) is 87.5 Å². The maximum absolute atomic E-state index is 14.2. The fourth-order valence-electron chi connectivity index (χ4n) is 4.97. The SMILES string of the molecule is CCCC[C@@H](C(=O)N[C@@H](CC(C)C)C(=O)CO)N(C(=O)[C@H](C)NC(=O)OCc1ccccc1)c1cccc2ccccc12. The highest BCUT2D eigenvalue weighted by Crippen LogP contribution is 2.30. The number of amides is 3. The summed E-state index contributed by atoms with van der Waals surface area (Å²) in [6, 6.07) is 19.3. The van der Waals surface area contributed by atoms with E-state index in [4.69, 9.17) is 4.74 Å². The zero-order valence-electron chi connectivity index (χ0n) is 25.4. The van der Waals surface area contributed by atoms with Gasteiger partial charge >= 0.3 is 6.09 Å². The van der Waals surface area contributed by atoms with E-state index >= 15 is 0 Å². The Hall–Kier alpha value is -4.24. The van der Waals surface area contributed by atoms with Crippen molar-refractivity contribution in [3.63, 3.8) is 0 Å². The molecule has 0 unspecified atom stereocenters. The van der Waals surface area contributed by atoms with Crippen LogP contribution in [0.1, 0.15) is 58.9 Å². The van der Waals surface area contributed by atoms with Gasteiger partial charge in [-0.2, -0.15) is 0 Å². The Morgan fingerprint density at radius 3 is 2.23 bits per heavy atom. The van der Waals surface area contributed by atoms with Crippen LogP contribution in [-0.4, -0.2) is 53.5 Å². The number of nitrogens with one attached hydrogen (secondary N) is 2. The molecule has 9 nitrogen and oxygen atoms in total. The molecule has 9 heteroatoms. The summed E-state index contributed by atoms with van der Waals surface area (Å²) in [6.07, 6.45) is 1.31. The molecule has 43 heavy (non-hydrogen) atoms. The van der Waals surface area contributed by atoms with Gasteiger partial charge in [0, 0.05) is 5.39 Å². The Balaban J connectivity index is 1.97. The number of rotatable bonds is 15. The summed E-state index contributed by atoms with van der Waals surface area (Å²) in [4.78, 5) is 54.9. The number of carbonyl (C=O) groups is 4. The summed E-state index contributed by atoms with van der Waals surface area (Å²) in [5, 5.41) is 16.6. The van der Waals surface area contributed by atoms with Crippen molar-refractivity contribution in [1.29, 1.82) is 0 Å². The third-order valence-electron chi connectivity index (χ3n) is 7.19. The second-order valence-corrected chi connectivity index (χ2v) is 11.1. The lowest BCUT2D eigenvalue weighted by Crippen LogP contribution is -2.57. The van der Waals surface area contributed by atoms with E-state index in [1.165, 1.54) is 4.90 Å². The molecule has 3 aromatic rings. The predicted molar refractivity (Wildman–Crippen MR) is 167 cm³/mol. The summed E-state index contributed by atoms with van der Waals surface area (Å²) in [5.74, 6) is -1.41. The fraction of sp³-hybridized carbons (Fsp3) is 0.412. The quantitative estimate of drug-likeness (QED) is 0.226. The first-order valence-electron chi connectivity index (χ1n) is 14.9. The molecule has 0 bridgehead atoms. The minimum absolute atomic E-state index is 0.0400. The summed E-state index contributed by atoms with van der Waals surface area (Å²) in [5.41, 5.74) is 1.32. The first-order chi connectivity index (χ1) is 20.7. The summed E-state index contributed by atoms with van der Waals surface area (Å²) < 4.78 is 5.34. The smallest absolute Gasteiger partial charge is 0.408 e. The van der Waals surface area contributed by atoms with Gasteiger partial charge in [-0.05, 0) is 42.7 Å². The number of benzene rings is 3. The van der Waals surface area contributed by atoms with Crippen molar-refractivity contribution in [2.45, 2.75) is 78.1 Å². The molecule has 0 aromatic heterocycles. The molecule has 0 fully saturated rings. The lowest BCUT2D eigenvalue weighted by molar-refractivity contribution is -0.131. The minimum Gasteiger partial charge on any atom is -0.445 e. The monoisotopic (exact) mass is 589 g/mol. The molecular weight excluding hydrogens is 546 g/mol. The zero-order valence-corrected chi connectivity index (χ0v) is 25.4. The maximum atomic E-state index is 14.2. The van der Waals surface area contributed by atoms with Crippen LogP contribution in [-0.2, 0) is 25.7 Å². The number of aliphatic hydroxyl groups excluding tert-OH is 1. The molecular formula is C34H43N3O6. The number of ketones is 1. The largest absolute Gasteiger partial charge is 0.445 e. The van der Waals surface area contributed by atoms with Crippen molar-refractivity contribution in [2.75, 3.05) is 11.5 Å². The summed E-state index contributed by atoms with van der Waals surface area (Å²) in [7, 11) is 0. The van der Waals surface area contributed by atoms with Gasteiger partial charge in [-0.15, -0.1) is 0 Å². The first-order valence-corrected chi connectivity index (χ1v) is 14.9. The normalized spacial score (nSPS) is 13.2. The number of hydrogen-bond donors (Lipinski definition) is 3. The van der Waals surface area contributed by atoms with Gasteiger partial charge in [0.1, 0.15) is 25.3 Å². The van der Waals surface area contributed by atoms with Crippen LogP contribution in [0.25, 0.3) is 10.8 Å². The lowest BCUT2D eigenvalue weighted by atomic mass is 9.98. The summed E-state index contributed by atoms with van der Waals surface area (Å²) in [6.45, 7) is 6.73. The van der Waals surface area contributed by atoms with Gasteiger partial charge in [-0.1, -0.05) is 100 Å². The number of Topliss-reactive ketones (excluding diaryl/α,β-unsaturated/α-hetero) is 1. The summed E-state index contributed by atoms with van der Waals surface area (Å²) >= 11 is 0. The Labute approximate surface area is 253 Å². The van der Waals surface area contributed by atoms with Crippen LogP contribution in [0, 0.1) is 5.92 Å². The van der Waals surface area contributed by atoms with E-state index < -0.39 is 48.4 Å². The van der Waals surface area contributed by atoms with Gasteiger partial charge in [0.15, 0.2) is 5.78 Å². The van der Waals surface area contributed by atoms with Crippen molar-refractivity contribution in [3.05, 3.63) is 78.4 Å². The molecule has 0 spiro atoms. The van der Waals surface area contributed by atoms with E-state index in [9.17, 15) is 24.3 Å². The van der Waals surface area contributed by atoms with Crippen molar-refractivity contribution >= 4 is 40.2 Å². The van der Waals surface area contributed by atoms with Gasteiger partial charge in [-0.3, -0.25) is 19.3 Å². The van der Waals surface area contributed by atoms with Crippen LogP contribution >= 0.6 is 0 Å². The molecule has 0 aliphatic heterocycles. The predicted octanol–water partition coefficient (Wildman–Crippen LogP) is 5.14. The number of carbonyl (C=O) groups excluding carboxylic acids is 4. The van der Waals surface area contributed by atoms with Crippen molar-refractivity contribution in [1.82, 2.24) is 10.6 Å². The number of nitrogens with zero attached hydrogens (tertiary/aromatic N) is 1. The van der Waals surface area contributed by atoms with Gasteiger partial charge in [0.25, 0.3) is 0 Å². The average Bonchev–Trinajstić information content (AvgIpc) is 3.01. The molecule has 0 aliphatic carbocycles. The number of alkyl carbamates (subject to hydrolysis) is 1. The fourth-order valence-corrected chi connectivity index (χ4v) is 4.97. The van der Waals surface area contributed by atoms with Crippen molar-refractivity contribution < 1.29 is 29.0 Å². The first kappa shape index (κ1) is 33.3. The Bertz CT molecular complexity index is 1370. The highest BCUT2D eigenvalue weighted by atomic mass is 16.5. The van der Waals surface area contributed by atoms with Crippen LogP contribution < -0.4 is 15.5 Å². The van der Waals surface area contributed by atoms with E-state index in [0.29, 0.717) is 24.9 Å². The van der Waals surface area contributed by atoms with Crippen molar-refractivity contribution in [2.24, 2.45) is 5.92 Å². The van der Waals surface area contributed by atoms with Crippen LogP contribution in [0.15, 0.2) is 72.8 Å².